The summed E-state index contributed by atoms with van der Waals surface area (Å²) in [6, 6.07) is 0. The number of hydrogen-bond acceptors (Lipinski definition) is 3. The Labute approximate surface area is 91.3 Å². The Bertz CT molecular complexity index is 215. The van der Waals surface area contributed by atoms with E-state index < -0.39 is 6.16 Å². The van der Waals surface area contributed by atoms with Gasteiger partial charge in [0.05, 0.1) is 10.5 Å². The predicted molar refractivity (Wildman–Crippen MR) is 56.1 cm³/mol. The van der Waals surface area contributed by atoms with Gasteiger partial charge in [0.15, 0.2) is 0 Å². The topological polar surface area (TPSA) is 35.5 Å². The Morgan fingerprint density at radius 3 is 2.92 bits per heavy atom. The fourth-order valence-electron chi connectivity index (χ4n) is 2.12. The molecule has 0 radical (unpaired) electrons. The number of alkyl halides is 1. The quantitative estimate of drug-likeness (QED) is 0.392. The van der Waals surface area contributed by atoms with E-state index >= 15 is 0 Å². The average Bonchev–Trinajstić information content (AvgIpc) is 2.11. The van der Waals surface area contributed by atoms with E-state index in [1.54, 1.807) is 0 Å². The minimum Gasteiger partial charge on any atom is -0.434 e. The van der Waals surface area contributed by atoms with Crippen LogP contribution in [-0.4, -0.2) is 22.3 Å². The highest BCUT2D eigenvalue weighted by molar-refractivity contribution is 14.1. The van der Waals surface area contributed by atoms with Crippen molar-refractivity contribution in [3.05, 3.63) is 0 Å². The second kappa shape index (κ2) is 3.63. The molecule has 0 aromatic carbocycles. The molecule has 1 aliphatic carbocycles. The summed E-state index contributed by atoms with van der Waals surface area (Å²) in [6.45, 7) is 0.526. The monoisotopic (exact) mass is 296 g/mol. The molecule has 3 nitrogen and oxygen atoms in total. The summed E-state index contributed by atoms with van der Waals surface area (Å²) < 4.78 is 10.6. The molecular formula is C9H13IO3. The lowest BCUT2D eigenvalue weighted by Gasteiger charge is -2.42. The van der Waals surface area contributed by atoms with Crippen LogP contribution in [0.2, 0.25) is 0 Å². The van der Waals surface area contributed by atoms with Crippen LogP contribution in [0.4, 0.5) is 4.79 Å². The molecule has 2 rings (SSSR count). The largest absolute Gasteiger partial charge is 0.508 e. The highest BCUT2D eigenvalue weighted by atomic mass is 127. The predicted octanol–water partition coefficient (Wildman–Crippen LogP) is 2.66. The Morgan fingerprint density at radius 1 is 1.38 bits per heavy atom. The molecule has 0 N–H and O–H groups in total. The van der Waals surface area contributed by atoms with Crippen molar-refractivity contribution < 1.29 is 14.3 Å². The molecule has 2 fully saturated rings. The summed E-state index contributed by atoms with van der Waals surface area (Å²) in [6.07, 6.45) is 4.99. The zero-order valence-corrected chi connectivity index (χ0v) is 9.58. The molecule has 74 valence electrons. The molecule has 2 atom stereocenters. The Morgan fingerprint density at radius 2 is 2.23 bits per heavy atom. The van der Waals surface area contributed by atoms with Gasteiger partial charge in [0, 0.05) is 6.42 Å². The summed E-state index contributed by atoms with van der Waals surface area (Å²) in [5.74, 6) is 0. The third kappa shape index (κ3) is 1.78. The molecule has 0 bridgehead atoms. The lowest BCUT2D eigenvalue weighted by Crippen LogP contribution is -2.49. The van der Waals surface area contributed by atoms with E-state index in [9.17, 15) is 4.79 Å². The molecule has 1 heterocycles. The molecule has 4 heteroatoms. The van der Waals surface area contributed by atoms with E-state index in [1.807, 2.05) is 0 Å². The van der Waals surface area contributed by atoms with Gasteiger partial charge in [-0.1, -0.05) is 29.0 Å². The van der Waals surface area contributed by atoms with Crippen LogP contribution in [0.5, 0.6) is 0 Å². The van der Waals surface area contributed by atoms with Gasteiger partial charge in [-0.3, -0.25) is 0 Å². The molecule has 0 amide bonds. The highest BCUT2D eigenvalue weighted by Crippen LogP contribution is 2.41. The van der Waals surface area contributed by atoms with Crippen molar-refractivity contribution in [1.29, 1.82) is 0 Å². The summed E-state index contributed by atoms with van der Waals surface area (Å²) in [5, 5.41) is 0. The van der Waals surface area contributed by atoms with Crippen molar-refractivity contribution in [1.82, 2.24) is 0 Å². The average molecular weight is 296 g/mol. The van der Waals surface area contributed by atoms with Gasteiger partial charge in [-0.25, -0.2) is 4.79 Å². The van der Waals surface area contributed by atoms with Crippen molar-refractivity contribution in [3.8, 4) is 0 Å². The molecule has 0 aromatic heterocycles. The van der Waals surface area contributed by atoms with Gasteiger partial charge in [0.1, 0.15) is 5.60 Å². The van der Waals surface area contributed by atoms with E-state index in [0.29, 0.717) is 10.5 Å². The Kier molecular flexibility index (Phi) is 2.67. The standard InChI is InChI=1S/C9H13IO3/c10-7-3-1-2-4-9(7)5-6-12-8(11)13-9/h7H,1-6H2. The molecule has 0 aromatic rings. The fourth-order valence-corrected chi connectivity index (χ4v) is 3.31. The maximum absolute atomic E-state index is 11.0. The van der Waals surface area contributed by atoms with Gasteiger partial charge in [-0.05, 0) is 19.3 Å². The molecule has 2 unspecified atom stereocenters. The number of halogens is 1. The van der Waals surface area contributed by atoms with E-state index in [0.717, 1.165) is 19.3 Å². The van der Waals surface area contributed by atoms with Crippen LogP contribution in [0.25, 0.3) is 0 Å². The fraction of sp³-hybridized carbons (Fsp3) is 0.889. The van der Waals surface area contributed by atoms with Crippen molar-refractivity contribution in [2.45, 2.75) is 41.6 Å². The number of carbonyl (C=O) groups is 1. The van der Waals surface area contributed by atoms with Crippen molar-refractivity contribution in [2.24, 2.45) is 0 Å². The van der Waals surface area contributed by atoms with Gasteiger partial charge in [0.2, 0.25) is 0 Å². The maximum Gasteiger partial charge on any atom is 0.508 e. The van der Waals surface area contributed by atoms with Crippen LogP contribution < -0.4 is 0 Å². The number of cyclic esters (lactones) is 1. The first-order chi connectivity index (χ1) is 6.23. The summed E-state index contributed by atoms with van der Waals surface area (Å²) in [5.41, 5.74) is -0.200. The molecule has 13 heavy (non-hydrogen) atoms. The van der Waals surface area contributed by atoms with E-state index in [4.69, 9.17) is 9.47 Å². The second-order valence-electron chi connectivity index (χ2n) is 3.73. The zero-order chi connectivity index (χ0) is 9.31. The van der Waals surface area contributed by atoms with Crippen LogP contribution in [0.15, 0.2) is 0 Å². The van der Waals surface area contributed by atoms with Gasteiger partial charge in [0.25, 0.3) is 0 Å². The Hall–Kier alpha value is -0.0000000000000000555. The van der Waals surface area contributed by atoms with Gasteiger partial charge < -0.3 is 9.47 Å². The lowest BCUT2D eigenvalue weighted by molar-refractivity contribution is -0.0948. The maximum atomic E-state index is 11.0. The second-order valence-corrected chi connectivity index (χ2v) is 5.23. The van der Waals surface area contributed by atoms with Crippen LogP contribution >= 0.6 is 22.6 Å². The highest BCUT2D eigenvalue weighted by Gasteiger charge is 2.45. The van der Waals surface area contributed by atoms with Crippen molar-refractivity contribution >= 4 is 28.7 Å². The molecule has 1 spiro atoms. The smallest absolute Gasteiger partial charge is 0.434 e. The van der Waals surface area contributed by atoms with Gasteiger partial charge in [-0.2, -0.15) is 0 Å². The summed E-state index contributed by atoms with van der Waals surface area (Å²) in [4.78, 5) is 11.0. The zero-order valence-electron chi connectivity index (χ0n) is 7.42. The van der Waals surface area contributed by atoms with Crippen LogP contribution in [0, 0.1) is 0 Å². The van der Waals surface area contributed by atoms with Crippen LogP contribution in [0.3, 0.4) is 0 Å². The molecule has 1 saturated heterocycles. The Balaban J connectivity index is 2.11. The summed E-state index contributed by atoms with van der Waals surface area (Å²) in [7, 11) is 0. The first-order valence-corrected chi connectivity index (χ1v) is 5.97. The molecule has 2 aliphatic rings. The third-order valence-corrected chi connectivity index (χ3v) is 4.67. The first-order valence-electron chi connectivity index (χ1n) is 4.73. The van der Waals surface area contributed by atoms with E-state index in [1.165, 1.54) is 12.8 Å². The first kappa shape index (κ1) is 9.55. The SMILES string of the molecule is O=C1OCCC2(CCCCC2I)O1. The minimum absolute atomic E-state index is 0.200. The van der Waals surface area contributed by atoms with Crippen LogP contribution in [-0.2, 0) is 9.47 Å². The van der Waals surface area contributed by atoms with Gasteiger partial charge >= 0.3 is 6.16 Å². The van der Waals surface area contributed by atoms with E-state index in [-0.39, 0.29) is 5.60 Å². The molecular weight excluding hydrogens is 283 g/mol. The van der Waals surface area contributed by atoms with E-state index in [2.05, 4.69) is 22.6 Å². The number of hydrogen-bond donors (Lipinski definition) is 0. The molecule has 1 aliphatic heterocycles. The molecule has 1 saturated carbocycles. The van der Waals surface area contributed by atoms with Gasteiger partial charge in [-0.15, -0.1) is 0 Å². The number of ether oxygens (including phenoxy) is 2. The van der Waals surface area contributed by atoms with Crippen LogP contribution in [0.1, 0.15) is 32.1 Å². The summed E-state index contributed by atoms with van der Waals surface area (Å²) >= 11 is 2.41. The minimum atomic E-state index is -0.477. The third-order valence-electron chi connectivity index (χ3n) is 2.91. The number of carbonyl (C=O) groups excluding carboxylic acids is 1. The van der Waals surface area contributed by atoms with Crippen molar-refractivity contribution in [3.63, 3.8) is 0 Å². The lowest BCUT2D eigenvalue weighted by atomic mass is 9.82. The number of rotatable bonds is 0. The normalized spacial score (nSPS) is 39.8. The van der Waals surface area contributed by atoms with Crippen molar-refractivity contribution in [2.75, 3.05) is 6.61 Å².